The van der Waals surface area contributed by atoms with E-state index in [-0.39, 0.29) is 17.6 Å². The van der Waals surface area contributed by atoms with Crippen LogP contribution in [0.5, 0.6) is 5.75 Å². The Morgan fingerprint density at radius 1 is 1.22 bits per heavy atom. The number of aromatic amines is 1. The topological polar surface area (TPSA) is 71.1 Å². The first-order valence-electron chi connectivity index (χ1n) is 10.6. The largest absolute Gasteiger partial charge is 0.490 e. The summed E-state index contributed by atoms with van der Waals surface area (Å²) in [6, 6.07) is 12.2. The molecule has 7 heteroatoms. The zero-order valence-corrected chi connectivity index (χ0v) is 17.9. The summed E-state index contributed by atoms with van der Waals surface area (Å²) in [4.78, 5) is 19.2. The first-order valence-corrected chi connectivity index (χ1v) is 10.6. The highest BCUT2D eigenvalue weighted by molar-refractivity contribution is 5.96. The SMILES string of the molecule is Cc1ncc2cn[nH]c2c1CN(C)C(=O)c1cc(F)c(-c2ccccc2)c(OC2CC2)c1. The zero-order valence-electron chi connectivity index (χ0n) is 17.9. The van der Waals surface area contributed by atoms with Crippen LogP contribution in [0.2, 0.25) is 0 Å². The van der Waals surface area contributed by atoms with Gasteiger partial charge in [0.15, 0.2) is 0 Å². The number of carbonyl (C=O) groups is 1. The zero-order chi connectivity index (χ0) is 22.2. The lowest BCUT2D eigenvalue weighted by molar-refractivity contribution is 0.0784. The van der Waals surface area contributed by atoms with Crippen LogP contribution in [0.15, 0.2) is 54.9 Å². The highest BCUT2D eigenvalue weighted by Gasteiger charge is 2.27. The summed E-state index contributed by atoms with van der Waals surface area (Å²) in [5, 5.41) is 7.93. The lowest BCUT2D eigenvalue weighted by atomic mass is 10.0. The third kappa shape index (κ3) is 3.82. The summed E-state index contributed by atoms with van der Waals surface area (Å²) in [7, 11) is 1.70. The molecule has 1 N–H and O–H groups in total. The second-order valence-corrected chi connectivity index (χ2v) is 8.20. The number of pyridine rings is 1. The van der Waals surface area contributed by atoms with Crippen molar-refractivity contribution in [1.82, 2.24) is 20.1 Å². The normalized spacial score (nSPS) is 13.3. The molecule has 0 atom stereocenters. The molecule has 32 heavy (non-hydrogen) atoms. The van der Waals surface area contributed by atoms with E-state index < -0.39 is 5.82 Å². The van der Waals surface area contributed by atoms with Gasteiger partial charge in [-0.2, -0.15) is 5.10 Å². The first kappa shape index (κ1) is 20.2. The number of rotatable bonds is 6. The third-order valence-electron chi connectivity index (χ3n) is 5.73. The van der Waals surface area contributed by atoms with E-state index in [9.17, 15) is 4.79 Å². The maximum Gasteiger partial charge on any atom is 0.254 e. The standard InChI is InChI=1S/C25H23FN4O2/c1-15-20(24-18(12-27-15)13-28-29-24)14-30(2)25(31)17-10-21(26)23(16-6-4-3-5-7-16)22(11-17)32-19-8-9-19/h3-7,10-13,19H,8-9,14H2,1-2H3,(H,28,29). The Hall–Kier alpha value is -3.74. The van der Waals surface area contributed by atoms with Crippen molar-refractivity contribution >= 4 is 16.8 Å². The highest BCUT2D eigenvalue weighted by Crippen LogP contribution is 2.38. The van der Waals surface area contributed by atoms with Crippen LogP contribution >= 0.6 is 0 Å². The minimum absolute atomic E-state index is 0.0756. The number of nitrogens with zero attached hydrogens (tertiary/aromatic N) is 3. The van der Waals surface area contributed by atoms with Gasteiger partial charge in [-0.05, 0) is 37.5 Å². The van der Waals surface area contributed by atoms with Crippen LogP contribution in [0.1, 0.15) is 34.5 Å². The second kappa shape index (κ2) is 8.07. The smallest absolute Gasteiger partial charge is 0.254 e. The molecule has 1 aliphatic carbocycles. The fourth-order valence-corrected chi connectivity index (χ4v) is 3.83. The van der Waals surface area contributed by atoms with E-state index in [1.807, 2.05) is 37.3 Å². The maximum atomic E-state index is 15.3. The molecule has 6 nitrogen and oxygen atoms in total. The van der Waals surface area contributed by atoms with Crippen molar-refractivity contribution in [3.8, 4) is 16.9 Å². The van der Waals surface area contributed by atoms with Gasteiger partial charge in [-0.15, -0.1) is 0 Å². The Morgan fingerprint density at radius 2 is 2.00 bits per heavy atom. The molecule has 5 rings (SSSR count). The predicted molar refractivity (Wildman–Crippen MR) is 120 cm³/mol. The van der Waals surface area contributed by atoms with Crippen molar-refractivity contribution in [2.24, 2.45) is 0 Å². The van der Waals surface area contributed by atoms with Crippen LogP contribution in [0.3, 0.4) is 0 Å². The van der Waals surface area contributed by atoms with Crippen LogP contribution in [0.25, 0.3) is 22.0 Å². The molecular weight excluding hydrogens is 407 g/mol. The average Bonchev–Trinajstić information content (AvgIpc) is 3.48. The van der Waals surface area contributed by atoms with Crippen molar-refractivity contribution in [1.29, 1.82) is 0 Å². The quantitative estimate of drug-likeness (QED) is 0.473. The molecule has 2 aromatic heterocycles. The van der Waals surface area contributed by atoms with Crippen LogP contribution in [-0.4, -0.2) is 39.1 Å². The number of fused-ring (bicyclic) bond motifs is 1. The number of hydrogen-bond donors (Lipinski definition) is 1. The summed E-state index contributed by atoms with van der Waals surface area (Å²) in [6.07, 6.45) is 5.40. The molecule has 1 amide bonds. The molecule has 0 spiro atoms. The summed E-state index contributed by atoms with van der Waals surface area (Å²) in [5.41, 5.74) is 3.90. The van der Waals surface area contributed by atoms with Gasteiger partial charge in [0.2, 0.25) is 0 Å². The molecule has 0 bridgehead atoms. The number of aryl methyl sites for hydroxylation is 1. The van der Waals surface area contributed by atoms with Crippen molar-refractivity contribution < 1.29 is 13.9 Å². The first-order chi connectivity index (χ1) is 15.5. The van der Waals surface area contributed by atoms with Crippen molar-refractivity contribution in [3.05, 3.63) is 77.5 Å². The summed E-state index contributed by atoms with van der Waals surface area (Å²) in [6.45, 7) is 2.21. The molecule has 0 unspecified atom stereocenters. The van der Waals surface area contributed by atoms with E-state index in [1.165, 1.54) is 6.07 Å². The van der Waals surface area contributed by atoms with Crippen molar-refractivity contribution in [2.45, 2.75) is 32.4 Å². The van der Waals surface area contributed by atoms with Gasteiger partial charge in [0, 0.05) is 42.0 Å². The van der Waals surface area contributed by atoms with Gasteiger partial charge in [-0.1, -0.05) is 30.3 Å². The minimum atomic E-state index is -0.473. The molecule has 4 aromatic rings. The van der Waals surface area contributed by atoms with Crippen molar-refractivity contribution in [3.63, 3.8) is 0 Å². The summed E-state index contributed by atoms with van der Waals surface area (Å²) < 4.78 is 21.3. The van der Waals surface area contributed by atoms with Gasteiger partial charge in [0.1, 0.15) is 11.6 Å². The molecule has 1 aliphatic rings. The Morgan fingerprint density at radius 3 is 2.75 bits per heavy atom. The molecule has 1 fully saturated rings. The molecule has 1 saturated carbocycles. The van der Waals surface area contributed by atoms with E-state index in [2.05, 4.69) is 15.2 Å². The van der Waals surface area contributed by atoms with Gasteiger partial charge in [-0.3, -0.25) is 14.9 Å². The number of benzene rings is 2. The minimum Gasteiger partial charge on any atom is -0.490 e. The number of H-pyrrole nitrogens is 1. The van der Waals surface area contributed by atoms with E-state index >= 15 is 4.39 Å². The molecular formula is C25H23FN4O2. The number of nitrogens with one attached hydrogen (secondary N) is 1. The van der Waals surface area contributed by atoms with E-state index in [4.69, 9.17) is 4.74 Å². The van der Waals surface area contributed by atoms with Crippen LogP contribution in [-0.2, 0) is 6.54 Å². The monoisotopic (exact) mass is 430 g/mol. The van der Waals surface area contributed by atoms with E-state index in [0.717, 1.165) is 40.6 Å². The highest BCUT2D eigenvalue weighted by atomic mass is 19.1. The Labute approximate surface area is 185 Å². The number of ether oxygens (including phenoxy) is 1. The van der Waals surface area contributed by atoms with E-state index in [1.54, 1.807) is 30.4 Å². The van der Waals surface area contributed by atoms with Gasteiger partial charge < -0.3 is 9.64 Å². The van der Waals surface area contributed by atoms with Crippen LogP contribution in [0, 0.1) is 12.7 Å². The molecule has 2 heterocycles. The van der Waals surface area contributed by atoms with Gasteiger partial charge in [0.25, 0.3) is 5.91 Å². The van der Waals surface area contributed by atoms with Gasteiger partial charge >= 0.3 is 0 Å². The molecule has 0 aliphatic heterocycles. The third-order valence-corrected chi connectivity index (χ3v) is 5.73. The van der Waals surface area contributed by atoms with E-state index in [0.29, 0.717) is 17.9 Å². The lowest BCUT2D eigenvalue weighted by Crippen LogP contribution is -2.27. The average molecular weight is 430 g/mol. The van der Waals surface area contributed by atoms with Gasteiger partial charge in [-0.25, -0.2) is 4.39 Å². The number of hydrogen-bond acceptors (Lipinski definition) is 4. The Balaban J connectivity index is 1.48. The maximum absolute atomic E-state index is 15.3. The number of carbonyl (C=O) groups excluding carboxylic acids is 1. The summed E-state index contributed by atoms with van der Waals surface area (Å²) in [5.74, 6) is -0.358. The fourth-order valence-electron chi connectivity index (χ4n) is 3.83. The number of aromatic nitrogens is 3. The van der Waals surface area contributed by atoms with Gasteiger partial charge in [0.05, 0.1) is 23.4 Å². The lowest BCUT2D eigenvalue weighted by Gasteiger charge is -2.20. The second-order valence-electron chi connectivity index (χ2n) is 8.20. The Kier molecular flexibility index (Phi) is 5.09. The predicted octanol–water partition coefficient (Wildman–Crippen LogP) is 4.89. The summed E-state index contributed by atoms with van der Waals surface area (Å²) >= 11 is 0. The van der Waals surface area contributed by atoms with Crippen molar-refractivity contribution in [2.75, 3.05) is 7.05 Å². The molecule has 162 valence electrons. The number of amides is 1. The molecule has 2 aromatic carbocycles. The number of halogens is 1. The molecule has 0 radical (unpaired) electrons. The van der Waals surface area contributed by atoms with Crippen LogP contribution in [0.4, 0.5) is 4.39 Å². The fraction of sp³-hybridized carbons (Fsp3) is 0.240. The molecule has 0 saturated heterocycles. The Bertz CT molecular complexity index is 1300. The van der Waals surface area contributed by atoms with Crippen LogP contribution < -0.4 is 4.74 Å².